The molecule has 0 amide bonds. The van der Waals surface area contributed by atoms with Gasteiger partial charge in [-0.15, -0.1) is 0 Å². The molecule has 0 saturated carbocycles. The maximum absolute atomic E-state index is 12.5. The molecular weight excluding hydrogens is 337 g/mol. The number of nitrogens with zero attached hydrogens (tertiary/aromatic N) is 1. The van der Waals surface area contributed by atoms with Crippen LogP contribution >= 0.6 is 23.2 Å². The summed E-state index contributed by atoms with van der Waals surface area (Å²) in [6, 6.07) is 6.42. The van der Waals surface area contributed by atoms with E-state index in [4.69, 9.17) is 27.9 Å². The van der Waals surface area contributed by atoms with Crippen LogP contribution in [0.3, 0.4) is 0 Å². The second-order valence-corrected chi connectivity index (χ2v) is 5.65. The molecule has 6 heteroatoms. The number of aromatic nitrogens is 1. The van der Waals surface area contributed by atoms with Gasteiger partial charge in [0.25, 0.3) is 0 Å². The minimum atomic E-state index is -0.428. The average Bonchev–Trinajstić information content (AvgIpc) is 2.86. The van der Waals surface area contributed by atoms with Crippen molar-refractivity contribution in [1.82, 2.24) is 4.57 Å². The number of hydrogen-bond donors (Lipinski definition) is 0. The quantitative estimate of drug-likeness (QED) is 0.462. The predicted molar refractivity (Wildman–Crippen MR) is 91.0 cm³/mol. The first-order chi connectivity index (χ1) is 10.9. The predicted octanol–water partition coefficient (Wildman–Crippen LogP) is 4.14. The Morgan fingerprint density at radius 3 is 2.65 bits per heavy atom. The minimum absolute atomic E-state index is 0.210. The highest BCUT2D eigenvalue weighted by Crippen LogP contribution is 2.24. The largest absolute Gasteiger partial charge is 0.463 e. The van der Waals surface area contributed by atoms with E-state index >= 15 is 0 Å². The number of benzene rings is 1. The fourth-order valence-electron chi connectivity index (χ4n) is 2.04. The zero-order chi connectivity index (χ0) is 17.0. The van der Waals surface area contributed by atoms with E-state index in [2.05, 4.69) is 0 Å². The van der Waals surface area contributed by atoms with Gasteiger partial charge in [0.15, 0.2) is 5.78 Å². The summed E-state index contributed by atoms with van der Waals surface area (Å²) in [5, 5.41) is 0.771. The molecule has 2 aromatic rings. The van der Waals surface area contributed by atoms with E-state index in [0.29, 0.717) is 33.5 Å². The van der Waals surface area contributed by atoms with Crippen molar-refractivity contribution < 1.29 is 14.3 Å². The van der Waals surface area contributed by atoms with Gasteiger partial charge in [-0.05, 0) is 37.3 Å². The van der Waals surface area contributed by atoms with Gasteiger partial charge in [-0.1, -0.05) is 23.2 Å². The Bertz CT molecular complexity index is 778. The SMILES string of the molecule is CCOC(=O)C=Cc1cc(C(=O)c2ccc(Cl)cc2Cl)cn1C. The van der Waals surface area contributed by atoms with Crippen LogP contribution in [0.5, 0.6) is 0 Å². The number of aryl methyl sites for hydroxylation is 1. The highest BCUT2D eigenvalue weighted by molar-refractivity contribution is 6.37. The van der Waals surface area contributed by atoms with E-state index < -0.39 is 5.97 Å². The molecule has 0 aliphatic rings. The second kappa shape index (κ2) is 7.49. The second-order valence-electron chi connectivity index (χ2n) is 4.80. The van der Waals surface area contributed by atoms with Crippen molar-refractivity contribution in [3.63, 3.8) is 0 Å². The van der Waals surface area contributed by atoms with Crippen molar-refractivity contribution in [3.05, 3.63) is 63.4 Å². The molecule has 0 atom stereocenters. The van der Waals surface area contributed by atoms with Crippen LogP contribution in [-0.4, -0.2) is 22.9 Å². The van der Waals surface area contributed by atoms with E-state index in [0.717, 1.165) is 0 Å². The zero-order valence-electron chi connectivity index (χ0n) is 12.7. The molecule has 1 aromatic carbocycles. The van der Waals surface area contributed by atoms with Crippen LogP contribution in [-0.2, 0) is 16.6 Å². The third-order valence-corrected chi connectivity index (χ3v) is 3.71. The molecule has 23 heavy (non-hydrogen) atoms. The summed E-state index contributed by atoms with van der Waals surface area (Å²) >= 11 is 11.9. The lowest BCUT2D eigenvalue weighted by Gasteiger charge is -2.02. The Hall–Kier alpha value is -2.04. The van der Waals surface area contributed by atoms with Gasteiger partial charge < -0.3 is 9.30 Å². The van der Waals surface area contributed by atoms with E-state index in [1.165, 1.54) is 12.1 Å². The van der Waals surface area contributed by atoms with Gasteiger partial charge in [0.2, 0.25) is 0 Å². The maximum atomic E-state index is 12.5. The number of carbonyl (C=O) groups excluding carboxylic acids is 2. The smallest absolute Gasteiger partial charge is 0.330 e. The molecule has 0 fully saturated rings. The normalized spacial score (nSPS) is 11.0. The Morgan fingerprint density at radius 1 is 1.26 bits per heavy atom. The Balaban J connectivity index is 2.26. The Morgan fingerprint density at radius 2 is 2.00 bits per heavy atom. The first kappa shape index (κ1) is 17.3. The molecule has 0 bridgehead atoms. The number of rotatable bonds is 5. The minimum Gasteiger partial charge on any atom is -0.463 e. The number of esters is 1. The molecule has 0 spiro atoms. The summed E-state index contributed by atoms with van der Waals surface area (Å²) in [4.78, 5) is 23.9. The number of hydrogen-bond acceptors (Lipinski definition) is 3. The molecule has 4 nitrogen and oxygen atoms in total. The summed E-state index contributed by atoms with van der Waals surface area (Å²) in [7, 11) is 1.78. The van der Waals surface area contributed by atoms with Crippen molar-refractivity contribution in [2.75, 3.05) is 6.61 Å². The molecule has 1 heterocycles. The van der Waals surface area contributed by atoms with Crippen molar-refractivity contribution >= 4 is 41.0 Å². The Kier molecular flexibility index (Phi) is 5.64. The third-order valence-electron chi connectivity index (χ3n) is 3.16. The number of ketones is 1. The Labute approximate surface area is 144 Å². The van der Waals surface area contributed by atoms with Crippen molar-refractivity contribution in [2.24, 2.45) is 7.05 Å². The van der Waals surface area contributed by atoms with Crippen LogP contribution < -0.4 is 0 Å². The summed E-state index contributed by atoms with van der Waals surface area (Å²) in [5.74, 6) is -0.639. The van der Waals surface area contributed by atoms with Crippen LogP contribution in [0.4, 0.5) is 0 Å². The molecule has 0 radical (unpaired) electrons. The van der Waals surface area contributed by atoms with Gasteiger partial charge in [0, 0.05) is 41.2 Å². The topological polar surface area (TPSA) is 48.3 Å². The average molecular weight is 352 g/mol. The lowest BCUT2D eigenvalue weighted by Crippen LogP contribution is -2.00. The van der Waals surface area contributed by atoms with Crippen LogP contribution in [0.1, 0.15) is 28.5 Å². The summed E-state index contributed by atoms with van der Waals surface area (Å²) in [6.45, 7) is 2.05. The zero-order valence-corrected chi connectivity index (χ0v) is 14.2. The monoisotopic (exact) mass is 351 g/mol. The van der Waals surface area contributed by atoms with Gasteiger partial charge in [-0.2, -0.15) is 0 Å². The van der Waals surface area contributed by atoms with Crippen molar-refractivity contribution in [3.8, 4) is 0 Å². The lowest BCUT2D eigenvalue weighted by atomic mass is 10.1. The molecule has 0 N–H and O–H groups in total. The standard InChI is InChI=1S/C17H15Cl2NO3/c1-3-23-16(21)7-5-13-8-11(10-20(13)2)17(22)14-6-4-12(18)9-15(14)19/h4-10H,3H2,1-2H3. The molecule has 0 aliphatic heterocycles. The van der Waals surface area contributed by atoms with Crippen LogP contribution in [0.25, 0.3) is 6.08 Å². The molecule has 0 aliphatic carbocycles. The summed E-state index contributed by atoms with van der Waals surface area (Å²) < 4.78 is 6.56. The van der Waals surface area contributed by atoms with Crippen LogP contribution in [0.2, 0.25) is 10.0 Å². The summed E-state index contributed by atoms with van der Waals surface area (Å²) in [5.41, 5.74) is 1.55. The molecule has 2 rings (SSSR count). The van der Waals surface area contributed by atoms with Crippen molar-refractivity contribution in [1.29, 1.82) is 0 Å². The highest BCUT2D eigenvalue weighted by Gasteiger charge is 2.15. The van der Waals surface area contributed by atoms with Gasteiger partial charge in [0.05, 0.1) is 11.6 Å². The molecular formula is C17H15Cl2NO3. The van der Waals surface area contributed by atoms with Crippen LogP contribution in [0.15, 0.2) is 36.5 Å². The van der Waals surface area contributed by atoms with E-state index in [-0.39, 0.29) is 5.78 Å². The van der Waals surface area contributed by atoms with Crippen LogP contribution in [0, 0.1) is 0 Å². The first-order valence-electron chi connectivity index (χ1n) is 6.93. The van der Waals surface area contributed by atoms with E-state index in [1.807, 2.05) is 0 Å². The molecule has 0 unspecified atom stereocenters. The number of ether oxygens (including phenoxy) is 1. The molecule has 120 valence electrons. The fourth-order valence-corrected chi connectivity index (χ4v) is 2.54. The summed E-state index contributed by atoms with van der Waals surface area (Å²) in [6.07, 6.45) is 4.60. The van der Waals surface area contributed by atoms with Gasteiger partial charge in [-0.25, -0.2) is 4.79 Å². The fraction of sp³-hybridized carbons (Fsp3) is 0.176. The van der Waals surface area contributed by atoms with E-state index in [1.54, 1.807) is 49.0 Å². The van der Waals surface area contributed by atoms with Crippen molar-refractivity contribution in [2.45, 2.75) is 6.92 Å². The molecule has 1 aromatic heterocycles. The maximum Gasteiger partial charge on any atom is 0.330 e. The van der Waals surface area contributed by atoms with Gasteiger partial charge >= 0.3 is 5.97 Å². The third kappa shape index (κ3) is 4.24. The van der Waals surface area contributed by atoms with Gasteiger partial charge in [-0.3, -0.25) is 4.79 Å². The molecule has 0 saturated heterocycles. The van der Waals surface area contributed by atoms with Gasteiger partial charge in [0.1, 0.15) is 0 Å². The van der Waals surface area contributed by atoms with E-state index in [9.17, 15) is 9.59 Å². The lowest BCUT2D eigenvalue weighted by molar-refractivity contribution is -0.137. The number of halogens is 2. The first-order valence-corrected chi connectivity index (χ1v) is 7.69. The number of carbonyl (C=O) groups is 2. The highest BCUT2D eigenvalue weighted by atomic mass is 35.5.